The van der Waals surface area contributed by atoms with Crippen molar-refractivity contribution in [1.29, 1.82) is 0 Å². The highest BCUT2D eigenvalue weighted by Crippen LogP contribution is 2.34. The fraction of sp³-hybridized carbons (Fsp3) is 0.458. The molecule has 1 saturated heterocycles. The molecule has 1 fully saturated rings. The predicted octanol–water partition coefficient (Wildman–Crippen LogP) is 4.33. The number of hydrogen-bond acceptors (Lipinski definition) is 3. The molecular formula is C24H31NO3. The second kappa shape index (κ2) is 9.24. The van der Waals surface area contributed by atoms with E-state index >= 15 is 0 Å². The molecule has 0 bridgehead atoms. The van der Waals surface area contributed by atoms with Gasteiger partial charge in [-0.2, -0.15) is 0 Å². The maximum absolute atomic E-state index is 12.9. The highest BCUT2D eigenvalue weighted by atomic mass is 16.5. The lowest BCUT2D eigenvalue weighted by molar-refractivity contribution is -0.128. The first-order valence-corrected chi connectivity index (χ1v) is 10.2. The summed E-state index contributed by atoms with van der Waals surface area (Å²) in [7, 11) is 0. The molecule has 1 aliphatic heterocycles. The number of carbonyl (C=O) groups is 1. The Morgan fingerprint density at radius 3 is 2.36 bits per heavy atom. The molecule has 2 aromatic rings. The topological polar surface area (TPSA) is 47.6 Å². The average molecular weight is 382 g/mol. The lowest BCUT2D eigenvalue weighted by Gasteiger charge is -2.38. The minimum atomic E-state index is -0.492. The Morgan fingerprint density at radius 2 is 1.75 bits per heavy atom. The molecule has 2 aromatic carbocycles. The van der Waals surface area contributed by atoms with Gasteiger partial charge in [-0.3, -0.25) is 4.79 Å². The molecule has 0 aromatic heterocycles. The Morgan fingerprint density at radius 1 is 1.11 bits per heavy atom. The van der Waals surface area contributed by atoms with E-state index in [-0.39, 0.29) is 11.3 Å². The molecule has 1 amide bonds. The van der Waals surface area contributed by atoms with Gasteiger partial charge in [-0.15, -0.1) is 0 Å². The smallest absolute Gasteiger partial charge is 0.261 e. The van der Waals surface area contributed by atoms with Gasteiger partial charge in [0.05, 0.1) is 0 Å². The van der Waals surface area contributed by atoms with Crippen LogP contribution in [0, 0.1) is 13.8 Å². The molecule has 4 nitrogen and oxygen atoms in total. The number of hydrogen-bond donors (Lipinski definition) is 1. The first-order valence-electron chi connectivity index (χ1n) is 10.2. The van der Waals surface area contributed by atoms with Gasteiger partial charge in [0.25, 0.3) is 5.91 Å². The number of nitrogens with one attached hydrogen (secondary N) is 1. The van der Waals surface area contributed by atoms with Crippen LogP contribution in [0.15, 0.2) is 48.5 Å². The Kier molecular flexibility index (Phi) is 6.74. The van der Waals surface area contributed by atoms with Gasteiger partial charge in [0.15, 0.2) is 6.10 Å². The third-order valence-electron chi connectivity index (χ3n) is 5.57. The summed E-state index contributed by atoms with van der Waals surface area (Å²) in [6.07, 6.45) is 1.95. The zero-order valence-corrected chi connectivity index (χ0v) is 17.2. The third kappa shape index (κ3) is 4.93. The molecule has 0 radical (unpaired) electrons. The van der Waals surface area contributed by atoms with Crippen LogP contribution in [0.5, 0.6) is 5.75 Å². The molecule has 0 aliphatic carbocycles. The van der Waals surface area contributed by atoms with Crippen molar-refractivity contribution in [1.82, 2.24) is 5.32 Å². The van der Waals surface area contributed by atoms with Gasteiger partial charge in [0.2, 0.25) is 0 Å². The number of ether oxygens (including phenoxy) is 2. The number of aryl methyl sites for hydroxylation is 2. The SMILES string of the molecule is CCC(Oc1cc(C)cc(C)c1)C(=O)NCC1(c2ccccc2)CCOCC1. The average Bonchev–Trinajstić information content (AvgIpc) is 2.71. The molecule has 1 aliphatic rings. The van der Waals surface area contributed by atoms with E-state index in [1.54, 1.807) is 0 Å². The van der Waals surface area contributed by atoms with Crippen LogP contribution in [0.4, 0.5) is 0 Å². The van der Waals surface area contributed by atoms with E-state index in [4.69, 9.17) is 9.47 Å². The summed E-state index contributed by atoms with van der Waals surface area (Å²) in [5.41, 5.74) is 3.46. The largest absolute Gasteiger partial charge is 0.481 e. The molecule has 1 atom stereocenters. The Labute approximate surface area is 168 Å². The van der Waals surface area contributed by atoms with Crippen molar-refractivity contribution >= 4 is 5.91 Å². The summed E-state index contributed by atoms with van der Waals surface area (Å²) >= 11 is 0. The van der Waals surface area contributed by atoms with Crippen molar-refractivity contribution in [2.24, 2.45) is 0 Å². The summed E-state index contributed by atoms with van der Waals surface area (Å²) in [5, 5.41) is 3.17. The van der Waals surface area contributed by atoms with Crippen LogP contribution in [0.25, 0.3) is 0 Å². The van der Waals surface area contributed by atoms with Gasteiger partial charge in [0, 0.05) is 25.2 Å². The summed E-state index contributed by atoms with van der Waals surface area (Å²) in [5.74, 6) is 0.701. The second-order valence-corrected chi connectivity index (χ2v) is 7.81. The maximum atomic E-state index is 12.9. The van der Waals surface area contributed by atoms with Crippen molar-refractivity contribution in [3.8, 4) is 5.75 Å². The van der Waals surface area contributed by atoms with Crippen molar-refractivity contribution < 1.29 is 14.3 Å². The van der Waals surface area contributed by atoms with Crippen LogP contribution in [0.2, 0.25) is 0 Å². The lowest BCUT2D eigenvalue weighted by Crippen LogP contribution is -2.48. The predicted molar refractivity (Wildman–Crippen MR) is 112 cm³/mol. The van der Waals surface area contributed by atoms with E-state index in [0.717, 1.165) is 42.9 Å². The maximum Gasteiger partial charge on any atom is 0.261 e. The molecule has 1 heterocycles. The standard InChI is InChI=1S/C24H31NO3/c1-4-22(28-21-15-18(2)14-19(3)16-21)23(26)25-17-24(10-12-27-13-11-24)20-8-6-5-7-9-20/h5-9,14-16,22H,4,10-13,17H2,1-3H3,(H,25,26). The molecule has 0 spiro atoms. The molecular weight excluding hydrogens is 350 g/mol. The molecule has 3 rings (SSSR count). The Balaban J connectivity index is 1.69. The zero-order valence-electron chi connectivity index (χ0n) is 17.2. The van der Waals surface area contributed by atoms with Crippen LogP contribution < -0.4 is 10.1 Å². The van der Waals surface area contributed by atoms with Crippen molar-refractivity contribution in [3.05, 3.63) is 65.2 Å². The fourth-order valence-corrected chi connectivity index (χ4v) is 3.98. The first-order chi connectivity index (χ1) is 13.5. The highest BCUT2D eigenvalue weighted by molar-refractivity contribution is 5.81. The molecule has 1 unspecified atom stereocenters. The van der Waals surface area contributed by atoms with Crippen LogP contribution >= 0.6 is 0 Å². The first kappa shape index (κ1) is 20.4. The third-order valence-corrected chi connectivity index (χ3v) is 5.57. The minimum absolute atomic E-state index is 0.0524. The monoisotopic (exact) mass is 381 g/mol. The summed E-state index contributed by atoms with van der Waals surface area (Å²) < 4.78 is 11.6. The van der Waals surface area contributed by atoms with Crippen LogP contribution in [-0.2, 0) is 14.9 Å². The van der Waals surface area contributed by atoms with Gasteiger partial charge in [-0.25, -0.2) is 0 Å². The molecule has 28 heavy (non-hydrogen) atoms. The second-order valence-electron chi connectivity index (χ2n) is 7.81. The number of rotatable bonds is 7. The fourth-order valence-electron chi connectivity index (χ4n) is 3.98. The minimum Gasteiger partial charge on any atom is -0.481 e. The quantitative estimate of drug-likeness (QED) is 0.777. The zero-order chi connectivity index (χ0) is 20.0. The van der Waals surface area contributed by atoms with Gasteiger partial charge in [-0.1, -0.05) is 43.3 Å². The van der Waals surface area contributed by atoms with Crippen molar-refractivity contribution in [2.45, 2.75) is 51.6 Å². The normalized spacial score (nSPS) is 17.0. The van der Waals surface area contributed by atoms with E-state index < -0.39 is 6.10 Å². The highest BCUT2D eigenvalue weighted by Gasteiger charge is 2.35. The van der Waals surface area contributed by atoms with Gasteiger partial charge in [-0.05, 0) is 61.9 Å². The Hall–Kier alpha value is -2.33. The van der Waals surface area contributed by atoms with Crippen molar-refractivity contribution in [2.75, 3.05) is 19.8 Å². The van der Waals surface area contributed by atoms with Gasteiger partial charge < -0.3 is 14.8 Å². The van der Waals surface area contributed by atoms with Crippen molar-refractivity contribution in [3.63, 3.8) is 0 Å². The van der Waals surface area contributed by atoms with E-state index in [0.29, 0.717) is 13.0 Å². The van der Waals surface area contributed by atoms with Crippen LogP contribution in [0.1, 0.15) is 42.9 Å². The van der Waals surface area contributed by atoms with Crippen LogP contribution in [0.3, 0.4) is 0 Å². The van der Waals surface area contributed by atoms with Crippen LogP contribution in [-0.4, -0.2) is 31.8 Å². The molecule has 0 saturated carbocycles. The van der Waals surface area contributed by atoms with E-state index in [1.807, 2.05) is 39.0 Å². The summed E-state index contributed by atoms with van der Waals surface area (Å²) in [6, 6.07) is 16.5. The Bertz CT molecular complexity index is 761. The van der Waals surface area contributed by atoms with Gasteiger partial charge in [0.1, 0.15) is 5.75 Å². The molecule has 4 heteroatoms. The molecule has 1 N–H and O–H groups in total. The van der Waals surface area contributed by atoms with Gasteiger partial charge >= 0.3 is 0 Å². The number of amides is 1. The van der Waals surface area contributed by atoms with E-state index in [9.17, 15) is 4.79 Å². The number of carbonyl (C=O) groups excluding carboxylic acids is 1. The van der Waals surface area contributed by atoms with E-state index in [2.05, 4.69) is 35.6 Å². The lowest BCUT2D eigenvalue weighted by atomic mass is 9.74. The molecule has 150 valence electrons. The van der Waals surface area contributed by atoms with E-state index in [1.165, 1.54) is 5.56 Å². The number of benzene rings is 2. The summed E-state index contributed by atoms with van der Waals surface area (Å²) in [4.78, 5) is 12.9. The summed E-state index contributed by atoms with van der Waals surface area (Å²) in [6.45, 7) is 8.10.